The highest BCUT2D eigenvalue weighted by molar-refractivity contribution is 5.96. The molecule has 0 unspecified atom stereocenters. The number of hydrogen-bond donors (Lipinski definition) is 3. The molecule has 8 nitrogen and oxygen atoms in total. The Morgan fingerprint density at radius 2 is 2.20 bits per heavy atom. The lowest BCUT2D eigenvalue weighted by molar-refractivity contribution is 0.1000. The number of carbonyl (C=O) groups excluding carboxylic acids is 1. The van der Waals surface area contributed by atoms with Crippen LogP contribution in [0.2, 0.25) is 0 Å². The summed E-state index contributed by atoms with van der Waals surface area (Å²) in [6.07, 6.45) is 1.48. The first-order valence-electron chi connectivity index (χ1n) is 11.3. The predicted molar refractivity (Wildman–Crippen MR) is 137 cm³/mol. The minimum atomic E-state index is -0.954. The highest BCUT2D eigenvalue weighted by atomic mass is 19.1. The summed E-state index contributed by atoms with van der Waals surface area (Å²) in [7, 11) is 3.45. The first kappa shape index (κ1) is 24.1. The Morgan fingerprint density at radius 1 is 1.37 bits per heavy atom. The average molecular weight is 477 g/mol. The molecule has 0 saturated carbocycles. The van der Waals surface area contributed by atoms with Gasteiger partial charge in [-0.25, -0.2) is 4.39 Å². The number of benzene rings is 2. The van der Waals surface area contributed by atoms with E-state index in [1.807, 2.05) is 30.1 Å². The Hall–Kier alpha value is -4.03. The second kappa shape index (κ2) is 10.5. The molecule has 2 atom stereocenters. The molecule has 0 aliphatic carbocycles. The molecule has 3 aromatic rings. The maximum Gasteiger partial charge on any atom is 0.248 e. The van der Waals surface area contributed by atoms with E-state index in [9.17, 15) is 9.18 Å². The molecular weight excluding hydrogens is 447 g/mol. The third-order valence-corrected chi connectivity index (χ3v) is 6.06. The molecule has 1 fully saturated rings. The van der Waals surface area contributed by atoms with Crippen molar-refractivity contribution in [3.8, 4) is 17.7 Å². The molecule has 2 heterocycles. The van der Waals surface area contributed by atoms with Gasteiger partial charge in [-0.2, -0.15) is 9.78 Å². The van der Waals surface area contributed by atoms with Gasteiger partial charge in [0, 0.05) is 30.1 Å². The number of anilines is 2. The average Bonchev–Trinajstić information content (AvgIpc) is 3.21. The maximum atomic E-state index is 14.6. The number of amides is 1. The molecule has 9 heteroatoms. The molecule has 1 aliphatic rings. The molecule has 2 aromatic carbocycles. The summed E-state index contributed by atoms with van der Waals surface area (Å²) in [6.45, 7) is 5.48. The fourth-order valence-electron chi connectivity index (χ4n) is 4.19. The smallest absolute Gasteiger partial charge is 0.248 e. The van der Waals surface area contributed by atoms with Gasteiger partial charge in [-0.1, -0.05) is 24.6 Å². The van der Waals surface area contributed by atoms with Crippen LogP contribution in [0.15, 0.2) is 43.0 Å². The van der Waals surface area contributed by atoms with E-state index in [1.165, 1.54) is 7.11 Å². The Labute approximate surface area is 203 Å². The van der Waals surface area contributed by atoms with Gasteiger partial charge < -0.3 is 26.0 Å². The molecule has 1 aliphatic heterocycles. The SMILES string of the molecule is C=Cc1c2cccc(N[C@@H]3CCN(C)C[C@@H]3F)c2nn1C#CCNc1ccc(C(N)=O)cc1OC. The number of carbonyl (C=O) groups is 1. The highest BCUT2D eigenvalue weighted by Gasteiger charge is 2.28. The summed E-state index contributed by atoms with van der Waals surface area (Å²) in [5, 5.41) is 12.1. The monoisotopic (exact) mass is 476 g/mol. The summed E-state index contributed by atoms with van der Waals surface area (Å²) in [5.41, 5.74) is 8.64. The normalized spacial score (nSPS) is 17.9. The molecule has 0 radical (unpaired) electrons. The first-order chi connectivity index (χ1) is 16.9. The van der Waals surface area contributed by atoms with Crippen molar-refractivity contribution in [1.82, 2.24) is 14.7 Å². The summed E-state index contributed by atoms with van der Waals surface area (Å²) in [4.78, 5) is 13.4. The number of piperidine rings is 1. The summed E-state index contributed by atoms with van der Waals surface area (Å²) in [6, 6.07) is 13.5. The lowest BCUT2D eigenvalue weighted by atomic mass is 10.0. The van der Waals surface area contributed by atoms with E-state index in [0.29, 0.717) is 30.1 Å². The zero-order valence-electron chi connectivity index (χ0n) is 19.8. The van der Waals surface area contributed by atoms with Crippen LogP contribution in [-0.4, -0.2) is 66.6 Å². The van der Waals surface area contributed by atoms with Crippen molar-refractivity contribution < 1.29 is 13.9 Å². The molecule has 1 saturated heterocycles. The van der Waals surface area contributed by atoms with Crippen LogP contribution in [0.4, 0.5) is 15.8 Å². The first-order valence-corrected chi connectivity index (χ1v) is 11.3. The van der Waals surface area contributed by atoms with Gasteiger partial charge in [0.15, 0.2) is 0 Å². The standard InChI is InChI=1S/C26H29FN6O2/c1-4-23-18-7-5-8-22(30-20-11-14-32(2)16-19(20)27)25(18)31-33(23)13-6-12-29-21-10-9-17(26(28)34)15-24(21)35-3/h4-5,7-10,15,19-20,29-30H,1,11-12,14,16H2,2-3H3,(H2,28,34)/t19-,20+/m0/s1. The molecule has 0 bridgehead atoms. The molecule has 1 aromatic heterocycles. The van der Waals surface area contributed by atoms with Crippen molar-refractivity contribution in [2.45, 2.75) is 18.6 Å². The van der Waals surface area contributed by atoms with Crippen LogP contribution in [0.25, 0.3) is 17.0 Å². The largest absolute Gasteiger partial charge is 0.495 e. The van der Waals surface area contributed by atoms with Gasteiger partial charge in [0.05, 0.1) is 36.8 Å². The predicted octanol–water partition coefficient (Wildman–Crippen LogP) is 3.16. The second-order valence-corrected chi connectivity index (χ2v) is 8.44. The van der Waals surface area contributed by atoms with Crippen LogP contribution in [0.3, 0.4) is 0 Å². The third-order valence-electron chi connectivity index (χ3n) is 6.06. The van der Waals surface area contributed by atoms with Crippen molar-refractivity contribution >= 4 is 34.3 Å². The molecule has 0 spiro atoms. The Balaban J connectivity index is 1.53. The number of rotatable bonds is 7. The van der Waals surface area contributed by atoms with Crippen LogP contribution in [0, 0.1) is 12.0 Å². The minimum absolute atomic E-state index is 0.264. The lowest BCUT2D eigenvalue weighted by Crippen LogP contribution is -2.46. The Bertz CT molecular complexity index is 1310. The number of nitrogens with two attached hydrogens (primary N) is 1. The quantitative estimate of drug-likeness (QED) is 0.453. The van der Waals surface area contributed by atoms with Crippen molar-refractivity contribution in [1.29, 1.82) is 0 Å². The summed E-state index contributed by atoms with van der Waals surface area (Å²) in [5.74, 6) is 3.02. The topological polar surface area (TPSA) is 97.4 Å². The molecule has 1 amide bonds. The van der Waals surface area contributed by atoms with Crippen molar-refractivity contribution in [2.24, 2.45) is 5.73 Å². The van der Waals surface area contributed by atoms with Crippen LogP contribution >= 0.6 is 0 Å². The van der Waals surface area contributed by atoms with Crippen molar-refractivity contribution in [3.63, 3.8) is 0 Å². The van der Waals surface area contributed by atoms with E-state index in [1.54, 1.807) is 29.0 Å². The van der Waals surface area contributed by atoms with Gasteiger partial charge in [0.25, 0.3) is 0 Å². The van der Waals surface area contributed by atoms with Gasteiger partial charge in [-0.3, -0.25) is 4.79 Å². The number of nitrogens with zero attached hydrogens (tertiary/aromatic N) is 3. The molecular formula is C26H29FN6O2. The number of likely N-dealkylation sites (tertiary alicyclic amines) is 1. The fourth-order valence-corrected chi connectivity index (χ4v) is 4.19. The van der Waals surface area contributed by atoms with Gasteiger partial charge in [-0.15, -0.1) is 0 Å². The van der Waals surface area contributed by atoms with Gasteiger partial charge >= 0.3 is 0 Å². The molecule has 35 heavy (non-hydrogen) atoms. The van der Waals surface area contributed by atoms with E-state index in [2.05, 4.69) is 34.3 Å². The molecule has 182 valence electrons. The van der Waals surface area contributed by atoms with Gasteiger partial charge in [-0.05, 0) is 43.8 Å². The zero-order valence-corrected chi connectivity index (χ0v) is 19.8. The number of halogens is 1. The highest BCUT2D eigenvalue weighted by Crippen LogP contribution is 2.28. The summed E-state index contributed by atoms with van der Waals surface area (Å²) < 4.78 is 21.5. The van der Waals surface area contributed by atoms with Crippen molar-refractivity contribution in [3.05, 3.63) is 54.2 Å². The van der Waals surface area contributed by atoms with E-state index in [0.717, 1.165) is 35.2 Å². The summed E-state index contributed by atoms with van der Waals surface area (Å²) >= 11 is 0. The number of nitrogens with one attached hydrogen (secondary N) is 2. The van der Waals surface area contributed by atoms with E-state index >= 15 is 0 Å². The number of ether oxygens (including phenoxy) is 1. The second-order valence-electron chi connectivity index (χ2n) is 8.44. The minimum Gasteiger partial charge on any atom is -0.495 e. The number of fused-ring (bicyclic) bond motifs is 1. The van der Waals surface area contributed by atoms with Crippen LogP contribution < -0.4 is 21.1 Å². The van der Waals surface area contributed by atoms with Gasteiger partial charge in [0.1, 0.15) is 17.4 Å². The van der Waals surface area contributed by atoms with Crippen molar-refractivity contribution in [2.75, 3.05) is 44.4 Å². The van der Waals surface area contributed by atoms with Crippen LogP contribution in [0.5, 0.6) is 5.75 Å². The molecule has 4 N–H and O–H groups in total. The lowest BCUT2D eigenvalue weighted by Gasteiger charge is -2.33. The number of alkyl halides is 1. The zero-order chi connectivity index (χ0) is 24.9. The number of methoxy groups -OCH3 is 1. The molecule has 4 rings (SSSR count). The Kier molecular flexibility index (Phi) is 7.22. The third kappa shape index (κ3) is 5.23. The van der Waals surface area contributed by atoms with E-state index in [-0.39, 0.29) is 6.04 Å². The fraction of sp³-hybridized carbons (Fsp3) is 0.308. The van der Waals surface area contributed by atoms with E-state index < -0.39 is 12.1 Å². The number of primary amides is 1. The number of hydrogen-bond acceptors (Lipinski definition) is 6. The van der Waals surface area contributed by atoms with Gasteiger partial charge in [0.2, 0.25) is 5.91 Å². The maximum absolute atomic E-state index is 14.6. The van der Waals surface area contributed by atoms with Crippen LogP contribution in [-0.2, 0) is 0 Å². The number of aromatic nitrogens is 2. The van der Waals surface area contributed by atoms with Crippen LogP contribution in [0.1, 0.15) is 22.5 Å². The Morgan fingerprint density at radius 3 is 2.91 bits per heavy atom. The van der Waals surface area contributed by atoms with E-state index in [4.69, 9.17) is 10.5 Å².